The lowest BCUT2D eigenvalue weighted by molar-refractivity contribution is 0.133. The second kappa shape index (κ2) is 9.33. The van der Waals surface area contributed by atoms with E-state index in [1.54, 1.807) is 0 Å². The number of alkyl carbamates (subject to hydrolysis) is 1. The van der Waals surface area contributed by atoms with Gasteiger partial charge >= 0.3 is 6.09 Å². The molecule has 2 atom stereocenters. The molecule has 0 saturated carbocycles. The minimum atomic E-state index is -0.509. The second-order valence-corrected chi connectivity index (χ2v) is 5.45. The van der Waals surface area contributed by atoms with Crippen molar-refractivity contribution in [2.24, 2.45) is 5.92 Å². The van der Waals surface area contributed by atoms with Crippen LogP contribution in [0.15, 0.2) is 66.7 Å². The van der Waals surface area contributed by atoms with Gasteiger partial charge in [-0.15, -0.1) is 0 Å². The molecular formula is C20H21NO3. The van der Waals surface area contributed by atoms with Crippen molar-refractivity contribution in [1.29, 1.82) is 0 Å². The first kappa shape index (κ1) is 17.5. The van der Waals surface area contributed by atoms with Gasteiger partial charge in [-0.3, -0.25) is 0 Å². The number of hydrogen-bond acceptors (Lipinski definition) is 3. The Morgan fingerprint density at radius 2 is 1.75 bits per heavy atom. The number of ether oxygens (including phenoxy) is 1. The zero-order valence-corrected chi connectivity index (χ0v) is 13.6. The fourth-order valence-electron chi connectivity index (χ4n) is 2.53. The molecule has 124 valence electrons. The Kier molecular flexibility index (Phi) is 6.81. The average molecular weight is 323 g/mol. The van der Waals surface area contributed by atoms with Gasteiger partial charge in [-0.05, 0) is 17.5 Å². The molecule has 2 rings (SSSR count). The Morgan fingerprint density at radius 1 is 1.12 bits per heavy atom. The third kappa shape index (κ3) is 5.11. The van der Waals surface area contributed by atoms with E-state index in [9.17, 15) is 9.59 Å². The number of carbonyl (C=O) groups is 1. The summed E-state index contributed by atoms with van der Waals surface area (Å²) in [6.45, 7) is 2.17. The predicted octanol–water partition coefficient (Wildman–Crippen LogP) is 4.07. The van der Waals surface area contributed by atoms with E-state index in [1.165, 1.54) is 6.08 Å². The smallest absolute Gasteiger partial charge is 0.407 e. The molecule has 1 amide bonds. The summed E-state index contributed by atoms with van der Waals surface area (Å²) in [5.41, 5.74) is 1.84. The molecule has 0 bridgehead atoms. The van der Waals surface area contributed by atoms with Crippen LogP contribution in [0.2, 0.25) is 0 Å². The summed E-state index contributed by atoms with van der Waals surface area (Å²) in [7, 11) is 0. The van der Waals surface area contributed by atoms with Crippen LogP contribution in [-0.4, -0.2) is 12.0 Å². The molecule has 0 heterocycles. The van der Waals surface area contributed by atoms with Crippen LogP contribution in [0.25, 0.3) is 0 Å². The van der Waals surface area contributed by atoms with Gasteiger partial charge in [-0.1, -0.05) is 67.6 Å². The van der Waals surface area contributed by atoms with Crippen molar-refractivity contribution in [1.82, 2.24) is 5.32 Å². The lowest BCUT2D eigenvalue weighted by Gasteiger charge is -2.24. The molecule has 2 aromatic carbocycles. The number of nitrogens with one attached hydrogen (secondary N) is 1. The Labute approximate surface area is 142 Å². The van der Waals surface area contributed by atoms with Crippen LogP contribution in [0, 0.1) is 5.92 Å². The lowest BCUT2D eigenvalue weighted by Crippen LogP contribution is -2.33. The van der Waals surface area contributed by atoms with E-state index in [-0.39, 0.29) is 18.6 Å². The number of benzene rings is 2. The van der Waals surface area contributed by atoms with Gasteiger partial charge in [0.2, 0.25) is 0 Å². The minimum Gasteiger partial charge on any atom is -0.445 e. The van der Waals surface area contributed by atoms with E-state index in [1.807, 2.05) is 73.5 Å². The van der Waals surface area contributed by atoms with Crippen LogP contribution in [0.5, 0.6) is 0 Å². The molecule has 0 fully saturated rings. The molecule has 0 aliphatic carbocycles. The fraction of sp³-hybridized carbons (Fsp3) is 0.250. The highest BCUT2D eigenvalue weighted by Gasteiger charge is 2.22. The second-order valence-electron chi connectivity index (χ2n) is 5.45. The van der Waals surface area contributed by atoms with E-state index in [0.717, 1.165) is 11.1 Å². The van der Waals surface area contributed by atoms with E-state index in [4.69, 9.17) is 4.74 Å². The van der Waals surface area contributed by atoms with Gasteiger partial charge in [0.05, 0.1) is 6.04 Å². The monoisotopic (exact) mass is 323 g/mol. The highest BCUT2D eigenvalue weighted by atomic mass is 16.5. The molecule has 0 aliphatic rings. The van der Waals surface area contributed by atoms with Crippen LogP contribution in [-0.2, 0) is 16.1 Å². The summed E-state index contributed by atoms with van der Waals surface area (Å²) in [6, 6.07) is 18.7. The predicted molar refractivity (Wildman–Crippen MR) is 93.0 cm³/mol. The largest absolute Gasteiger partial charge is 0.445 e. The zero-order chi connectivity index (χ0) is 17.2. The summed E-state index contributed by atoms with van der Waals surface area (Å²) < 4.78 is 5.29. The van der Waals surface area contributed by atoms with Crippen molar-refractivity contribution in [3.05, 3.63) is 77.9 Å². The Morgan fingerprint density at radius 3 is 2.33 bits per heavy atom. The molecule has 0 unspecified atom stereocenters. The molecule has 4 heteroatoms. The topological polar surface area (TPSA) is 55.4 Å². The highest BCUT2D eigenvalue weighted by Crippen LogP contribution is 2.25. The van der Waals surface area contributed by atoms with E-state index >= 15 is 0 Å². The summed E-state index contributed by atoms with van der Waals surface area (Å²) in [4.78, 5) is 23.0. The van der Waals surface area contributed by atoms with Crippen LogP contribution in [0.1, 0.15) is 30.5 Å². The van der Waals surface area contributed by atoms with Crippen molar-refractivity contribution < 1.29 is 14.3 Å². The maximum absolute atomic E-state index is 12.2. The lowest BCUT2D eigenvalue weighted by atomic mass is 9.91. The molecule has 0 aromatic heterocycles. The van der Waals surface area contributed by atoms with Crippen LogP contribution in [0.3, 0.4) is 0 Å². The summed E-state index contributed by atoms with van der Waals surface area (Å²) in [6.07, 6.45) is 1.65. The van der Waals surface area contributed by atoms with Gasteiger partial charge in [0, 0.05) is 12.0 Å². The Balaban J connectivity index is 2.07. The summed E-state index contributed by atoms with van der Waals surface area (Å²) in [5, 5.41) is 2.87. The van der Waals surface area contributed by atoms with Crippen LogP contribution < -0.4 is 5.32 Å². The maximum Gasteiger partial charge on any atom is 0.407 e. The quantitative estimate of drug-likeness (QED) is 0.782. The number of carbonyl (C=O) groups excluding carboxylic acids is 2. The van der Waals surface area contributed by atoms with E-state index < -0.39 is 6.09 Å². The van der Waals surface area contributed by atoms with Crippen LogP contribution >= 0.6 is 0 Å². The average Bonchev–Trinajstić information content (AvgIpc) is 2.64. The van der Waals surface area contributed by atoms with Crippen LogP contribution in [0.4, 0.5) is 4.79 Å². The van der Waals surface area contributed by atoms with Crippen molar-refractivity contribution >= 4 is 12.0 Å². The first-order valence-electron chi connectivity index (χ1n) is 7.97. The first-order valence-corrected chi connectivity index (χ1v) is 7.97. The standard InChI is InChI=1S/C20H21NO3/c1-2-17(13-14-22)19(18-11-7-4-8-12-18)21-20(23)24-15-16-9-5-3-6-10-16/h3-13,17,19H,2,15H2,1H3,(H,21,23)/t17-,19+/m0/s1. The molecule has 1 N–H and O–H groups in total. The zero-order valence-electron chi connectivity index (χ0n) is 13.6. The third-order valence-electron chi connectivity index (χ3n) is 3.83. The van der Waals surface area contributed by atoms with Gasteiger partial charge in [-0.2, -0.15) is 0 Å². The van der Waals surface area contributed by atoms with E-state index in [0.29, 0.717) is 6.42 Å². The van der Waals surface area contributed by atoms with E-state index in [2.05, 4.69) is 5.32 Å². The minimum absolute atomic E-state index is 0.144. The molecule has 0 saturated heterocycles. The molecule has 2 aromatic rings. The Bertz CT molecular complexity index is 679. The summed E-state index contributed by atoms with van der Waals surface area (Å²) >= 11 is 0. The summed E-state index contributed by atoms with van der Waals surface area (Å²) in [5.74, 6) is 1.69. The van der Waals surface area contributed by atoms with Crippen molar-refractivity contribution in [2.75, 3.05) is 0 Å². The third-order valence-corrected chi connectivity index (χ3v) is 3.83. The van der Waals surface area contributed by atoms with Crippen molar-refractivity contribution in [3.8, 4) is 0 Å². The normalized spacial score (nSPS) is 12.5. The molecule has 4 nitrogen and oxygen atoms in total. The van der Waals surface area contributed by atoms with Gasteiger partial charge in [0.25, 0.3) is 0 Å². The first-order chi connectivity index (χ1) is 11.7. The molecule has 0 aliphatic heterocycles. The van der Waals surface area contributed by atoms with Crippen molar-refractivity contribution in [2.45, 2.75) is 26.0 Å². The SMILES string of the molecule is CC[C@@H](C=C=O)[C@@H](NC(=O)OCc1ccccc1)c1ccccc1. The highest BCUT2D eigenvalue weighted by molar-refractivity contribution is 5.68. The molecule has 24 heavy (non-hydrogen) atoms. The Hall–Kier alpha value is -2.84. The number of amides is 1. The molecule has 0 spiro atoms. The number of rotatable bonds is 7. The van der Waals surface area contributed by atoms with Gasteiger partial charge in [0.1, 0.15) is 12.5 Å². The molecular weight excluding hydrogens is 302 g/mol. The van der Waals surface area contributed by atoms with Crippen molar-refractivity contribution in [3.63, 3.8) is 0 Å². The van der Waals surface area contributed by atoms with Gasteiger partial charge in [0.15, 0.2) is 0 Å². The maximum atomic E-state index is 12.2. The van der Waals surface area contributed by atoms with Gasteiger partial charge in [-0.25, -0.2) is 9.59 Å². The fourth-order valence-corrected chi connectivity index (χ4v) is 2.53. The number of hydrogen-bond donors (Lipinski definition) is 1. The molecule has 0 radical (unpaired) electrons. The van der Waals surface area contributed by atoms with Gasteiger partial charge < -0.3 is 10.1 Å².